The summed E-state index contributed by atoms with van der Waals surface area (Å²) in [4.78, 5) is 1.89. The van der Waals surface area contributed by atoms with Crippen LogP contribution in [0.3, 0.4) is 0 Å². The SMILES string of the molecule is Fc1cccc(N2CCNC2=S)c1. The van der Waals surface area contributed by atoms with Crippen molar-refractivity contribution in [3.8, 4) is 0 Å². The van der Waals surface area contributed by atoms with E-state index in [1.54, 1.807) is 6.07 Å². The van der Waals surface area contributed by atoms with Crippen molar-refractivity contribution >= 4 is 23.0 Å². The standard InChI is InChI=1S/C9H9FN2S/c10-7-2-1-3-8(6-7)12-5-4-11-9(12)13/h1-3,6H,4-5H2,(H,11,13). The molecule has 1 N–H and O–H groups in total. The number of halogens is 1. The Morgan fingerprint density at radius 1 is 1.46 bits per heavy atom. The molecule has 13 heavy (non-hydrogen) atoms. The first-order valence-corrected chi connectivity index (χ1v) is 4.49. The van der Waals surface area contributed by atoms with Crippen LogP contribution in [0.1, 0.15) is 0 Å². The van der Waals surface area contributed by atoms with Crippen molar-refractivity contribution < 1.29 is 4.39 Å². The minimum Gasteiger partial charge on any atom is -0.360 e. The molecule has 1 aliphatic rings. The van der Waals surface area contributed by atoms with E-state index in [2.05, 4.69) is 5.32 Å². The first-order chi connectivity index (χ1) is 6.27. The molecule has 1 saturated heterocycles. The molecule has 0 aliphatic carbocycles. The van der Waals surface area contributed by atoms with E-state index < -0.39 is 0 Å². The Labute approximate surface area is 81.4 Å². The van der Waals surface area contributed by atoms with Gasteiger partial charge in [0.25, 0.3) is 0 Å². The number of hydrogen-bond acceptors (Lipinski definition) is 1. The summed E-state index contributed by atoms with van der Waals surface area (Å²) in [5, 5.41) is 3.69. The molecule has 2 nitrogen and oxygen atoms in total. The first-order valence-electron chi connectivity index (χ1n) is 4.08. The average molecular weight is 196 g/mol. The molecule has 0 saturated carbocycles. The molecule has 1 heterocycles. The van der Waals surface area contributed by atoms with Crippen molar-refractivity contribution in [2.24, 2.45) is 0 Å². The highest BCUT2D eigenvalue weighted by Gasteiger charge is 2.17. The summed E-state index contributed by atoms with van der Waals surface area (Å²) < 4.78 is 12.9. The molecule has 1 aromatic carbocycles. The van der Waals surface area contributed by atoms with E-state index in [-0.39, 0.29) is 5.82 Å². The van der Waals surface area contributed by atoms with Crippen LogP contribution in [0, 0.1) is 5.82 Å². The van der Waals surface area contributed by atoms with Gasteiger partial charge in [0.2, 0.25) is 0 Å². The van der Waals surface area contributed by atoms with Gasteiger partial charge in [-0.25, -0.2) is 4.39 Å². The number of rotatable bonds is 1. The summed E-state index contributed by atoms with van der Waals surface area (Å²) in [6.45, 7) is 1.64. The maximum atomic E-state index is 12.9. The molecule has 2 rings (SSSR count). The maximum absolute atomic E-state index is 12.9. The minimum atomic E-state index is -0.229. The Morgan fingerprint density at radius 3 is 2.92 bits per heavy atom. The van der Waals surface area contributed by atoms with Gasteiger partial charge in [-0.1, -0.05) is 6.07 Å². The summed E-state index contributed by atoms with van der Waals surface area (Å²) in [5.74, 6) is -0.229. The largest absolute Gasteiger partial charge is 0.360 e. The number of hydrogen-bond donors (Lipinski definition) is 1. The fraction of sp³-hybridized carbons (Fsp3) is 0.222. The van der Waals surface area contributed by atoms with Crippen LogP contribution < -0.4 is 10.2 Å². The monoisotopic (exact) mass is 196 g/mol. The number of benzene rings is 1. The topological polar surface area (TPSA) is 15.3 Å². The molecule has 1 fully saturated rings. The normalized spacial score (nSPS) is 16.1. The molecule has 4 heteroatoms. The van der Waals surface area contributed by atoms with Crippen LogP contribution in [-0.2, 0) is 0 Å². The molecule has 1 aliphatic heterocycles. The van der Waals surface area contributed by atoms with E-state index in [0.717, 1.165) is 18.8 Å². The molecule has 0 amide bonds. The molecule has 0 spiro atoms. The lowest BCUT2D eigenvalue weighted by molar-refractivity contribution is 0.628. The van der Waals surface area contributed by atoms with E-state index in [9.17, 15) is 4.39 Å². The third-order valence-electron chi connectivity index (χ3n) is 1.98. The zero-order valence-electron chi connectivity index (χ0n) is 6.96. The summed E-state index contributed by atoms with van der Waals surface area (Å²) in [7, 11) is 0. The highest BCUT2D eigenvalue weighted by molar-refractivity contribution is 7.80. The zero-order valence-corrected chi connectivity index (χ0v) is 7.77. The average Bonchev–Trinajstić information content (AvgIpc) is 2.51. The lowest BCUT2D eigenvalue weighted by Gasteiger charge is -2.16. The first kappa shape index (κ1) is 8.44. The van der Waals surface area contributed by atoms with Gasteiger partial charge in [-0.2, -0.15) is 0 Å². The van der Waals surface area contributed by atoms with Gasteiger partial charge in [-0.15, -0.1) is 0 Å². The maximum Gasteiger partial charge on any atom is 0.173 e. The fourth-order valence-electron chi connectivity index (χ4n) is 1.36. The van der Waals surface area contributed by atoms with E-state index in [0.29, 0.717) is 5.11 Å². The molecule has 0 radical (unpaired) electrons. The summed E-state index contributed by atoms with van der Waals surface area (Å²) in [6.07, 6.45) is 0. The number of nitrogens with one attached hydrogen (secondary N) is 1. The number of thiocarbonyl (C=S) groups is 1. The third-order valence-corrected chi connectivity index (χ3v) is 2.34. The minimum absolute atomic E-state index is 0.229. The van der Waals surface area contributed by atoms with Crippen LogP contribution in [0.4, 0.5) is 10.1 Å². The van der Waals surface area contributed by atoms with Gasteiger partial charge in [-0.05, 0) is 30.4 Å². The van der Waals surface area contributed by atoms with Gasteiger partial charge in [-0.3, -0.25) is 0 Å². The van der Waals surface area contributed by atoms with Gasteiger partial charge < -0.3 is 10.2 Å². The van der Waals surface area contributed by atoms with Crippen LogP contribution in [0.25, 0.3) is 0 Å². The molecule has 0 atom stereocenters. The predicted octanol–water partition coefficient (Wildman–Crippen LogP) is 1.52. The van der Waals surface area contributed by atoms with Crippen LogP contribution in [-0.4, -0.2) is 18.2 Å². The number of nitrogens with zero attached hydrogens (tertiary/aromatic N) is 1. The molecule has 1 aromatic rings. The Bertz CT molecular complexity index is 340. The van der Waals surface area contributed by atoms with Crippen molar-refractivity contribution in [1.29, 1.82) is 0 Å². The van der Waals surface area contributed by atoms with Crippen LogP contribution in [0.5, 0.6) is 0 Å². The Morgan fingerprint density at radius 2 is 2.31 bits per heavy atom. The summed E-state index contributed by atoms with van der Waals surface area (Å²) in [5.41, 5.74) is 0.815. The van der Waals surface area contributed by atoms with Crippen molar-refractivity contribution in [2.45, 2.75) is 0 Å². The molecular weight excluding hydrogens is 187 g/mol. The summed E-state index contributed by atoms with van der Waals surface area (Å²) in [6, 6.07) is 6.45. The van der Waals surface area contributed by atoms with E-state index in [4.69, 9.17) is 12.2 Å². The lowest BCUT2D eigenvalue weighted by atomic mass is 10.3. The molecule has 0 aromatic heterocycles. The Balaban J connectivity index is 2.29. The lowest BCUT2D eigenvalue weighted by Crippen LogP contribution is -2.27. The van der Waals surface area contributed by atoms with Crippen molar-refractivity contribution in [2.75, 3.05) is 18.0 Å². The van der Waals surface area contributed by atoms with Crippen LogP contribution in [0.2, 0.25) is 0 Å². The number of anilines is 1. The van der Waals surface area contributed by atoms with Gasteiger partial charge >= 0.3 is 0 Å². The summed E-state index contributed by atoms with van der Waals surface area (Å²) >= 11 is 5.06. The molecular formula is C9H9FN2S. The fourth-order valence-corrected chi connectivity index (χ4v) is 1.66. The van der Waals surface area contributed by atoms with Gasteiger partial charge in [0.15, 0.2) is 5.11 Å². The molecule has 0 bridgehead atoms. The van der Waals surface area contributed by atoms with Gasteiger partial charge in [0.05, 0.1) is 0 Å². The smallest absolute Gasteiger partial charge is 0.173 e. The predicted molar refractivity (Wildman–Crippen MR) is 54.3 cm³/mol. The second-order valence-corrected chi connectivity index (χ2v) is 3.25. The second-order valence-electron chi connectivity index (χ2n) is 2.86. The van der Waals surface area contributed by atoms with Gasteiger partial charge in [0.1, 0.15) is 5.82 Å². The van der Waals surface area contributed by atoms with Crippen LogP contribution in [0.15, 0.2) is 24.3 Å². The van der Waals surface area contributed by atoms with Crippen molar-refractivity contribution in [3.63, 3.8) is 0 Å². The third kappa shape index (κ3) is 1.62. The quantitative estimate of drug-likeness (QED) is 0.686. The van der Waals surface area contributed by atoms with Crippen molar-refractivity contribution in [3.05, 3.63) is 30.1 Å². The Kier molecular flexibility index (Phi) is 2.14. The van der Waals surface area contributed by atoms with E-state index >= 15 is 0 Å². The van der Waals surface area contributed by atoms with E-state index in [1.807, 2.05) is 11.0 Å². The second kappa shape index (κ2) is 3.30. The van der Waals surface area contributed by atoms with Crippen LogP contribution >= 0.6 is 12.2 Å². The highest BCUT2D eigenvalue weighted by atomic mass is 32.1. The highest BCUT2D eigenvalue weighted by Crippen LogP contribution is 2.17. The van der Waals surface area contributed by atoms with E-state index in [1.165, 1.54) is 12.1 Å². The van der Waals surface area contributed by atoms with Crippen molar-refractivity contribution in [1.82, 2.24) is 5.32 Å². The van der Waals surface area contributed by atoms with Gasteiger partial charge in [0, 0.05) is 18.8 Å². The zero-order chi connectivity index (χ0) is 9.26. The molecule has 68 valence electrons. The molecule has 0 unspecified atom stereocenters. The Hall–Kier alpha value is -1.16.